The minimum Gasteiger partial charge on any atom is -0.117 e. The van der Waals surface area contributed by atoms with Gasteiger partial charge < -0.3 is 0 Å². The molecule has 0 saturated carbocycles. The monoisotopic (exact) mass is 284 g/mol. The molecular weight excluding hydrogens is 264 g/mol. The van der Waals surface area contributed by atoms with Crippen LogP contribution in [0, 0.1) is 12.8 Å². The molecule has 20 heavy (non-hydrogen) atoms. The van der Waals surface area contributed by atoms with Crippen LogP contribution < -0.4 is 0 Å². The number of rotatable bonds is 2. The lowest BCUT2D eigenvalue weighted by Crippen LogP contribution is -2.11. The van der Waals surface area contributed by atoms with Gasteiger partial charge in [0.05, 0.1) is 5.38 Å². The molecule has 0 fully saturated rings. The van der Waals surface area contributed by atoms with Crippen molar-refractivity contribution in [3.05, 3.63) is 70.8 Å². The van der Waals surface area contributed by atoms with Crippen LogP contribution in [-0.2, 0) is 12.8 Å². The maximum absolute atomic E-state index is 6.82. The number of halogens is 1. The van der Waals surface area contributed by atoms with Crippen LogP contribution in [0.25, 0.3) is 0 Å². The highest BCUT2D eigenvalue weighted by Gasteiger charge is 2.26. The largest absolute Gasteiger partial charge is 0.117 e. The van der Waals surface area contributed by atoms with Crippen molar-refractivity contribution in [3.63, 3.8) is 0 Å². The highest BCUT2D eigenvalue weighted by molar-refractivity contribution is 6.21. The molecule has 1 aliphatic carbocycles. The van der Waals surface area contributed by atoms with Crippen LogP contribution in [0.3, 0.4) is 0 Å². The summed E-state index contributed by atoms with van der Waals surface area (Å²) in [7, 11) is 0. The average molecular weight is 285 g/mol. The molecule has 1 aliphatic rings. The molecule has 1 heteroatoms. The van der Waals surface area contributed by atoms with Crippen LogP contribution in [0.5, 0.6) is 0 Å². The first-order valence-corrected chi connectivity index (χ1v) is 7.95. The molecule has 0 heterocycles. The summed E-state index contributed by atoms with van der Waals surface area (Å²) in [5, 5.41) is 0.147. The molecule has 2 unspecified atom stereocenters. The molecule has 0 amide bonds. The number of hydrogen-bond acceptors (Lipinski definition) is 0. The Kier molecular flexibility index (Phi) is 4.12. The van der Waals surface area contributed by atoms with Gasteiger partial charge in [0.15, 0.2) is 0 Å². The fourth-order valence-electron chi connectivity index (χ4n) is 3.31. The van der Waals surface area contributed by atoms with Crippen molar-refractivity contribution in [2.45, 2.75) is 38.0 Å². The molecule has 0 aromatic heterocycles. The van der Waals surface area contributed by atoms with E-state index in [2.05, 4.69) is 55.5 Å². The fraction of sp³-hybridized carbons (Fsp3) is 0.368. The molecular formula is C19H21Cl. The predicted molar refractivity (Wildman–Crippen MR) is 86.3 cm³/mol. The van der Waals surface area contributed by atoms with Crippen LogP contribution in [0.15, 0.2) is 48.5 Å². The number of alkyl halides is 1. The third-order valence-electron chi connectivity index (χ3n) is 4.53. The number of aryl methyl sites for hydroxylation is 2. The second kappa shape index (κ2) is 6.01. The van der Waals surface area contributed by atoms with E-state index in [1.165, 1.54) is 41.5 Å². The second-order valence-corrected chi connectivity index (χ2v) is 6.35. The Labute approximate surface area is 126 Å². The Balaban J connectivity index is 1.86. The van der Waals surface area contributed by atoms with E-state index in [-0.39, 0.29) is 5.38 Å². The van der Waals surface area contributed by atoms with Gasteiger partial charge in [-0.05, 0) is 60.8 Å². The molecule has 104 valence electrons. The summed E-state index contributed by atoms with van der Waals surface area (Å²) in [5.41, 5.74) is 5.63. The average Bonchev–Trinajstić information content (AvgIpc) is 2.62. The van der Waals surface area contributed by atoms with E-state index in [4.69, 9.17) is 11.6 Å². The van der Waals surface area contributed by atoms with Gasteiger partial charge in [-0.3, -0.25) is 0 Å². The molecule has 0 N–H and O–H groups in total. The molecule has 2 aromatic rings. The fourth-order valence-corrected chi connectivity index (χ4v) is 3.74. The first-order chi connectivity index (χ1) is 9.75. The summed E-state index contributed by atoms with van der Waals surface area (Å²) in [5.74, 6) is 0.543. The molecule has 0 saturated heterocycles. The lowest BCUT2D eigenvalue weighted by molar-refractivity contribution is 0.464. The van der Waals surface area contributed by atoms with Crippen LogP contribution in [-0.4, -0.2) is 0 Å². The van der Waals surface area contributed by atoms with Crippen LogP contribution >= 0.6 is 11.6 Å². The molecule has 0 spiro atoms. The standard InChI is InChI=1S/C19H21Cl/c1-14-7-2-3-9-16(14)13-17-11-6-10-15-8-4-5-12-18(15)19(17)20/h2-5,7-9,12,17,19H,6,10-11,13H2,1H3. The van der Waals surface area contributed by atoms with Gasteiger partial charge in [-0.1, -0.05) is 48.5 Å². The van der Waals surface area contributed by atoms with Gasteiger partial charge in [-0.15, -0.1) is 11.6 Å². The van der Waals surface area contributed by atoms with Crippen molar-refractivity contribution >= 4 is 11.6 Å². The first-order valence-electron chi connectivity index (χ1n) is 7.52. The van der Waals surface area contributed by atoms with Crippen LogP contribution in [0.4, 0.5) is 0 Å². The Morgan fingerprint density at radius 3 is 2.65 bits per heavy atom. The molecule has 2 atom stereocenters. The quantitative estimate of drug-likeness (QED) is 0.507. The van der Waals surface area contributed by atoms with E-state index in [9.17, 15) is 0 Å². The van der Waals surface area contributed by atoms with Crippen molar-refractivity contribution in [1.82, 2.24) is 0 Å². The van der Waals surface area contributed by atoms with Crippen molar-refractivity contribution in [3.8, 4) is 0 Å². The molecule has 0 radical (unpaired) electrons. The summed E-state index contributed by atoms with van der Waals surface area (Å²) in [6.45, 7) is 2.20. The van der Waals surface area contributed by atoms with Crippen molar-refractivity contribution in [1.29, 1.82) is 0 Å². The van der Waals surface area contributed by atoms with E-state index < -0.39 is 0 Å². The topological polar surface area (TPSA) is 0 Å². The van der Waals surface area contributed by atoms with Crippen molar-refractivity contribution in [2.24, 2.45) is 5.92 Å². The van der Waals surface area contributed by atoms with E-state index in [1.54, 1.807) is 0 Å². The molecule has 0 aliphatic heterocycles. The third kappa shape index (κ3) is 2.76. The summed E-state index contributed by atoms with van der Waals surface area (Å²) in [6, 6.07) is 17.4. The zero-order chi connectivity index (χ0) is 13.9. The summed E-state index contributed by atoms with van der Waals surface area (Å²) >= 11 is 6.82. The maximum Gasteiger partial charge on any atom is 0.0619 e. The Morgan fingerprint density at radius 1 is 1.05 bits per heavy atom. The van der Waals surface area contributed by atoms with E-state index in [0.29, 0.717) is 5.92 Å². The van der Waals surface area contributed by atoms with Gasteiger partial charge in [0.25, 0.3) is 0 Å². The second-order valence-electron chi connectivity index (χ2n) is 5.88. The smallest absolute Gasteiger partial charge is 0.0619 e. The summed E-state index contributed by atoms with van der Waals surface area (Å²) in [4.78, 5) is 0. The minimum atomic E-state index is 0.147. The number of benzene rings is 2. The van der Waals surface area contributed by atoms with E-state index >= 15 is 0 Å². The zero-order valence-electron chi connectivity index (χ0n) is 12.0. The van der Waals surface area contributed by atoms with E-state index in [1.807, 2.05) is 0 Å². The predicted octanol–water partition coefficient (Wildman–Crippen LogP) is 5.47. The van der Waals surface area contributed by atoms with Crippen LogP contribution in [0.1, 0.15) is 40.5 Å². The molecule has 0 bridgehead atoms. The zero-order valence-corrected chi connectivity index (χ0v) is 12.7. The van der Waals surface area contributed by atoms with Crippen LogP contribution in [0.2, 0.25) is 0 Å². The highest BCUT2D eigenvalue weighted by atomic mass is 35.5. The van der Waals surface area contributed by atoms with Gasteiger partial charge >= 0.3 is 0 Å². The first kappa shape index (κ1) is 13.7. The summed E-state index contributed by atoms with van der Waals surface area (Å²) in [6.07, 6.45) is 4.73. The van der Waals surface area contributed by atoms with Gasteiger partial charge in [0, 0.05) is 0 Å². The van der Waals surface area contributed by atoms with Crippen molar-refractivity contribution in [2.75, 3.05) is 0 Å². The number of fused-ring (bicyclic) bond motifs is 1. The minimum absolute atomic E-state index is 0.147. The molecule has 0 nitrogen and oxygen atoms in total. The Hall–Kier alpha value is -1.27. The van der Waals surface area contributed by atoms with Gasteiger partial charge in [0.1, 0.15) is 0 Å². The number of hydrogen-bond donors (Lipinski definition) is 0. The highest BCUT2D eigenvalue weighted by Crippen LogP contribution is 2.39. The SMILES string of the molecule is Cc1ccccc1CC1CCCc2ccccc2C1Cl. The molecule has 3 rings (SSSR count). The lowest BCUT2D eigenvalue weighted by atomic mass is 9.88. The van der Waals surface area contributed by atoms with Gasteiger partial charge in [-0.25, -0.2) is 0 Å². The Bertz CT molecular complexity index is 588. The summed E-state index contributed by atoms with van der Waals surface area (Å²) < 4.78 is 0. The van der Waals surface area contributed by atoms with Crippen molar-refractivity contribution < 1.29 is 0 Å². The van der Waals surface area contributed by atoms with Gasteiger partial charge in [0.2, 0.25) is 0 Å². The van der Waals surface area contributed by atoms with E-state index in [0.717, 1.165) is 6.42 Å². The Morgan fingerprint density at radius 2 is 1.80 bits per heavy atom. The lowest BCUT2D eigenvalue weighted by Gasteiger charge is -2.22. The van der Waals surface area contributed by atoms with Gasteiger partial charge in [-0.2, -0.15) is 0 Å². The normalized spacial score (nSPS) is 22.1. The maximum atomic E-state index is 6.82. The third-order valence-corrected chi connectivity index (χ3v) is 5.12. The molecule has 2 aromatic carbocycles.